The van der Waals surface area contributed by atoms with Gasteiger partial charge in [-0.25, -0.2) is 9.59 Å². The maximum absolute atomic E-state index is 12.1. The van der Waals surface area contributed by atoms with E-state index < -0.39 is 42.0 Å². The van der Waals surface area contributed by atoms with E-state index in [1.165, 1.54) is 43.3 Å². The van der Waals surface area contributed by atoms with E-state index >= 15 is 0 Å². The van der Waals surface area contributed by atoms with Gasteiger partial charge in [0.25, 0.3) is 0 Å². The summed E-state index contributed by atoms with van der Waals surface area (Å²) in [5, 5.41) is 42.3. The number of aromatic hydroxyl groups is 1. The Morgan fingerprint density at radius 2 is 1.29 bits per heavy atom. The van der Waals surface area contributed by atoms with Crippen molar-refractivity contribution in [3.8, 4) is 22.6 Å². The van der Waals surface area contributed by atoms with Crippen LogP contribution in [0.15, 0.2) is 67.0 Å². The quantitative estimate of drug-likeness (QED) is 0.324. The molecular formula is C24H20O10. The number of hydrogen-bond donors (Lipinski definition) is 4. The van der Waals surface area contributed by atoms with E-state index in [4.69, 9.17) is 18.3 Å². The van der Waals surface area contributed by atoms with Crippen molar-refractivity contribution in [2.24, 2.45) is 0 Å². The molecule has 5 atom stereocenters. The lowest BCUT2D eigenvalue weighted by Gasteiger charge is -2.39. The molecule has 0 spiro atoms. The van der Waals surface area contributed by atoms with Crippen molar-refractivity contribution in [1.82, 2.24) is 0 Å². The molecule has 0 amide bonds. The summed E-state index contributed by atoms with van der Waals surface area (Å²) in [6, 6.07) is 11.5. The molecule has 0 bridgehead atoms. The maximum Gasteiger partial charge on any atom is 0.336 e. The van der Waals surface area contributed by atoms with Crippen molar-refractivity contribution in [2.75, 3.05) is 0 Å². The number of benzene rings is 2. The van der Waals surface area contributed by atoms with Crippen LogP contribution in [0.5, 0.6) is 11.5 Å². The predicted molar refractivity (Wildman–Crippen MR) is 119 cm³/mol. The van der Waals surface area contributed by atoms with Gasteiger partial charge in [-0.2, -0.15) is 0 Å². The van der Waals surface area contributed by atoms with E-state index in [2.05, 4.69) is 0 Å². The van der Waals surface area contributed by atoms with Gasteiger partial charge in [0, 0.05) is 22.9 Å². The third-order valence-corrected chi connectivity index (χ3v) is 5.82. The van der Waals surface area contributed by atoms with E-state index in [0.29, 0.717) is 10.8 Å². The fourth-order valence-corrected chi connectivity index (χ4v) is 4.05. The Kier molecular flexibility index (Phi) is 5.37. The number of phenols is 1. The van der Waals surface area contributed by atoms with Gasteiger partial charge in [-0.15, -0.1) is 0 Å². The Morgan fingerprint density at radius 1 is 0.735 bits per heavy atom. The zero-order valence-electron chi connectivity index (χ0n) is 17.7. The molecule has 34 heavy (non-hydrogen) atoms. The summed E-state index contributed by atoms with van der Waals surface area (Å²) in [5.41, 5.74) is -1.21. The number of ether oxygens (including phenoxy) is 2. The van der Waals surface area contributed by atoms with Crippen LogP contribution in [0.3, 0.4) is 0 Å². The highest BCUT2D eigenvalue weighted by molar-refractivity contribution is 6.05. The predicted octanol–water partition coefficient (Wildman–Crippen LogP) is 1.48. The van der Waals surface area contributed by atoms with Gasteiger partial charge < -0.3 is 38.7 Å². The Hall–Kier alpha value is -3.70. The molecule has 0 saturated carbocycles. The normalized spacial score (nSPS) is 25.0. The highest BCUT2D eigenvalue weighted by atomic mass is 16.7. The summed E-state index contributed by atoms with van der Waals surface area (Å²) in [6.07, 6.45) is -6.77. The number of fused-ring (bicyclic) bond motifs is 2. The minimum atomic E-state index is -1.61. The molecule has 3 heterocycles. The zero-order valence-corrected chi connectivity index (χ0v) is 17.7. The lowest BCUT2D eigenvalue weighted by molar-refractivity contribution is -0.268. The Balaban J connectivity index is 1.77. The topological polar surface area (TPSA) is 160 Å². The van der Waals surface area contributed by atoms with Crippen molar-refractivity contribution < 1.29 is 38.7 Å². The third kappa shape index (κ3) is 3.62. The summed E-state index contributed by atoms with van der Waals surface area (Å²) in [5.74, 6) is -0.296. The van der Waals surface area contributed by atoms with Gasteiger partial charge in [-0.1, -0.05) is 0 Å². The largest absolute Gasteiger partial charge is 0.507 e. The molecule has 0 radical (unpaired) electrons. The molecule has 176 valence electrons. The van der Waals surface area contributed by atoms with Crippen molar-refractivity contribution in [2.45, 2.75) is 37.6 Å². The fourth-order valence-electron chi connectivity index (χ4n) is 4.05. The minimum absolute atomic E-state index is 0.00371. The summed E-state index contributed by atoms with van der Waals surface area (Å²) < 4.78 is 22.2. The molecule has 2 aromatic heterocycles. The van der Waals surface area contributed by atoms with Gasteiger partial charge in [0.05, 0.1) is 17.2 Å². The first-order chi connectivity index (χ1) is 16.2. The van der Waals surface area contributed by atoms with Crippen LogP contribution >= 0.6 is 0 Å². The van der Waals surface area contributed by atoms with Gasteiger partial charge >= 0.3 is 11.3 Å². The Morgan fingerprint density at radius 3 is 1.94 bits per heavy atom. The van der Waals surface area contributed by atoms with Crippen LogP contribution in [0.1, 0.15) is 6.92 Å². The second-order valence-corrected chi connectivity index (χ2v) is 8.04. The smallest absolute Gasteiger partial charge is 0.336 e. The lowest BCUT2D eigenvalue weighted by atomic mass is 9.97. The van der Waals surface area contributed by atoms with Crippen molar-refractivity contribution in [3.05, 3.63) is 69.4 Å². The van der Waals surface area contributed by atoms with Crippen LogP contribution in [0.4, 0.5) is 0 Å². The molecule has 0 aliphatic carbocycles. The average Bonchev–Trinajstić information content (AvgIpc) is 2.81. The monoisotopic (exact) mass is 468 g/mol. The van der Waals surface area contributed by atoms with Crippen molar-refractivity contribution in [3.63, 3.8) is 0 Å². The van der Waals surface area contributed by atoms with Gasteiger partial charge in [0.1, 0.15) is 41.0 Å². The second-order valence-electron chi connectivity index (χ2n) is 8.04. The van der Waals surface area contributed by atoms with E-state index in [1.54, 1.807) is 12.1 Å². The average molecular weight is 468 g/mol. The van der Waals surface area contributed by atoms with Crippen molar-refractivity contribution in [1.29, 1.82) is 0 Å². The van der Waals surface area contributed by atoms with Gasteiger partial charge in [-0.05, 0) is 43.3 Å². The summed E-state index contributed by atoms with van der Waals surface area (Å²) in [4.78, 5) is 24.1. The summed E-state index contributed by atoms with van der Waals surface area (Å²) >= 11 is 0. The standard InChI is InChI=1S/C24H20O10/c1-10-19(28)20(29)21(30)24(31-10)32-14-7-3-12-5-9-16(27)34-23(12)18(14)17-13(25)6-2-11-4-8-15(26)33-22(11)17/h2-10,19-21,24-25,28-30H,1H3. The first kappa shape index (κ1) is 22.1. The van der Waals surface area contributed by atoms with E-state index in [1.807, 2.05) is 0 Å². The SMILES string of the molecule is CC1OC(Oc2ccc3ccc(=O)oc3c2-c2c(O)ccc3ccc(=O)oc23)C(O)C(O)C1O. The van der Waals surface area contributed by atoms with Crippen LogP contribution in [-0.2, 0) is 4.74 Å². The molecule has 4 N–H and O–H groups in total. The van der Waals surface area contributed by atoms with E-state index in [9.17, 15) is 30.0 Å². The number of rotatable bonds is 3. The van der Waals surface area contributed by atoms with Crippen LogP contribution in [0, 0.1) is 0 Å². The highest BCUT2D eigenvalue weighted by Gasteiger charge is 2.43. The number of hydrogen-bond acceptors (Lipinski definition) is 10. The van der Waals surface area contributed by atoms with Crippen molar-refractivity contribution >= 4 is 21.9 Å². The summed E-state index contributed by atoms with van der Waals surface area (Å²) in [6.45, 7) is 1.50. The first-order valence-electron chi connectivity index (χ1n) is 10.4. The molecular weight excluding hydrogens is 448 g/mol. The molecule has 10 heteroatoms. The molecule has 1 saturated heterocycles. The molecule has 1 aliphatic heterocycles. The highest BCUT2D eigenvalue weighted by Crippen LogP contribution is 2.45. The van der Waals surface area contributed by atoms with Crippen LogP contribution < -0.4 is 16.0 Å². The maximum atomic E-state index is 12.1. The Labute approximate surface area is 190 Å². The first-order valence-corrected chi connectivity index (χ1v) is 10.4. The summed E-state index contributed by atoms with van der Waals surface area (Å²) in [7, 11) is 0. The zero-order chi connectivity index (χ0) is 24.1. The lowest BCUT2D eigenvalue weighted by Crippen LogP contribution is -2.58. The van der Waals surface area contributed by atoms with E-state index in [-0.39, 0.29) is 33.8 Å². The van der Waals surface area contributed by atoms with Gasteiger partial charge in [0.2, 0.25) is 6.29 Å². The molecule has 2 aromatic carbocycles. The van der Waals surface area contributed by atoms with Crippen LogP contribution in [0.2, 0.25) is 0 Å². The molecule has 1 fully saturated rings. The van der Waals surface area contributed by atoms with Crippen LogP contribution in [-0.4, -0.2) is 51.1 Å². The number of aliphatic hydroxyl groups is 3. The van der Waals surface area contributed by atoms with E-state index in [0.717, 1.165) is 0 Å². The Bertz CT molecular complexity index is 1500. The van der Waals surface area contributed by atoms with Gasteiger partial charge in [0.15, 0.2) is 0 Å². The molecule has 1 aliphatic rings. The number of aliphatic hydroxyl groups excluding tert-OH is 3. The fraction of sp³-hybridized carbons (Fsp3) is 0.250. The minimum Gasteiger partial charge on any atom is -0.507 e. The van der Waals surface area contributed by atoms with Gasteiger partial charge in [-0.3, -0.25) is 0 Å². The third-order valence-electron chi connectivity index (χ3n) is 5.82. The van der Waals surface area contributed by atoms with Crippen LogP contribution in [0.25, 0.3) is 33.1 Å². The molecule has 5 rings (SSSR count). The molecule has 5 unspecified atom stereocenters. The second kappa shape index (κ2) is 8.26. The number of phenolic OH excluding ortho intramolecular Hbond substituents is 1. The molecule has 10 nitrogen and oxygen atoms in total. The molecule has 4 aromatic rings.